The molecule has 0 aliphatic carbocycles. The molecule has 1 aliphatic heterocycles. The zero-order chi connectivity index (χ0) is 11.7. The molecule has 1 N–H and O–H groups in total. The van der Waals surface area contributed by atoms with Gasteiger partial charge in [0.15, 0.2) is 0 Å². The standard InChI is InChI=1S/C12H19N3O/c1-4-8(2)12-10-5-6-15(9(3)16)7-11(10)13-14-12/h8H,4-7H2,1-3H3,(H,13,14). The molecule has 0 spiro atoms. The molecule has 4 nitrogen and oxygen atoms in total. The van der Waals surface area contributed by atoms with Crippen LogP contribution in [0.2, 0.25) is 0 Å². The molecule has 0 bridgehead atoms. The van der Waals surface area contributed by atoms with Crippen LogP contribution in [0.4, 0.5) is 0 Å². The Hall–Kier alpha value is -1.32. The van der Waals surface area contributed by atoms with Crippen molar-refractivity contribution in [2.45, 2.75) is 46.1 Å². The van der Waals surface area contributed by atoms with E-state index >= 15 is 0 Å². The van der Waals surface area contributed by atoms with Crippen molar-refractivity contribution in [3.8, 4) is 0 Å². The first-order valence-electron chi connectivity index (χ1n) is 5.95. The summed E-state index contributed by atoms with van der Waals surface area (Å²) in [5, 5.41) is 7.48. The topological polar surface area (TPSA) is 49.0 Å². The van der Waals surface area contributed by atoms with E-state index in [1.807, 2.05) is 4.90 Å². The Bertz CT molecular complexity index is 397. The molecule has 1 aliphatic rings. The Morgan fingerprint density at radius 3 is 3.00 bits per heavy atom. The third-order valence-corrected chi connectivity index (χ3v) is 3.49. The van der Waals surface area contributed by atoms with Crippen molar-refractivity contribution in [1.29, 1.82) is 0 Å². The van der Waals surface area contributed by atoms with Crippen LogP contribution in [0.25, 0.3) is 0 Å². The van der Waals surface area contributed by atoms with E-state index in [0.29, 0.717) is 12.5 Å². The summed E-state index contributed by atoms with van der Waals surface area (Å²) < 4.78 is 0. The fraction of sp³-hybridized carbons (Fsp3) is 0.667. The molecule has 1 atom stereocenters. The number of carbonyl (C=O) groups is 1. The number of carbonyl (C=O) groups excluding carboxylic acids is 1. The minimum absolute atomic E-state index is 0.144. The molecule has 1 unspecified atom stereocenters. The zero-order valence-electron chi connectivity index (χ0n) is 10.2. The second-order valence-corrected chi connectivity index (χ2v) is 4.57. The first-order chi connectivity index (χ1) is 7.63. The number of H-pyrrole nitrogens is 1. The van der Waals surface area contributed by atoms with E-state index < -0.39 is 0 Å². The molecule has 0 aromatic carbocycles. The molecule has 4 heteroatoms. The molecule has 2 rings (SSSR count). The van der Waals surface area contributed by atoms with Crippen LogP contribution in [0.15, 0.2) is 0 Å². The van der Waals surface area contributed by atoms with Gasteiger partial charge < -0.3 is 4.90 Å². The lowest BCUT2D eigenvalue weighted by Crippen LogP contribution is -2.34. The minimum Gasteiger partial charge on any atom is -0.337 e. The van der Waals surface area contributed by atoms with Crippen LogP contribution in [-0.4, -0.2) is 27.5 Å². The smallest absolute Gasteiger partial charge is 0.219 e. The summed E-state index contributed by atoms with van der Waals surface area (Å²) in [6.45, 7) is 7.51. The highest BCUT2D eigenvalue weighted by Gasteiger charge is 2.24. The van der Waals surface area contributed by atoms with Gasteiger partial charge in [0.2, 0.25) is 5.91 Å². The highest BCUT2D eigenvalue weighted by Crippen LogP contribution is 2.26. The monoisotopic (exact) mass is 221 g/mol. The summed E-state index contributed by atoms with van der Waals surface area (Å²) in [5.74, 6) is 0.647. The van der Waals surface area contributed by atoms with Gasteiger partial charge in [-0.25, -0.2) is 0 Å². The SMILES string of the molecule is CCC(C)c1n[nH]c2c1CCN(C(C)=O)C2. The molecule has 2 heterocycles. The largest absolute Gasteiger partial charge is 0.337 e. The summed E-state index contributed by atoms with van der Waals surface area (Å²) >= 11 is 0. The van der Waals surface area contributed by atoms with Gasteiger partial charge in [-0.15, -0.1) is 0 Å². The van der Waals surface area contributed by atoms with Gasteiger partial charge in [-0.3, -0.25) is 9.89 Å². The molecule has 16 heavy (non-hydrogen) atoms. The van der Waals surface area contributed by atoms with Crippen molar-refractivity contribution < 1.29 is 4.79 Å². The Balaban J connectivity index is 2.23. The molecule has 88 valence electrons. The van der Waals surface area contributed by atoms with Gasteiger partial charge in [0, 0.05) is 24.9 Å². The summed E-state index contributed by atoms with van der Waals surface area (Å²) in [5.41, 5.74) is 3.66. The molecule has 1 amide bonds. The Labute approximate surface area is 96.0 Å². The van der Waals surface area contributed by atoms with E-state index in [0.717, 1.165) is 25.1 Å². The fourth-order valence-electron chi connectivity index (χ4n) is 2.21. The maximum Gasteiger partial charge on any atom is 0.219 e. The number of rotatable bonds is 2. The number of hydrogen-bond donors (Lipinski definition) is 1. The summed E-state index contributed by atoms with van der Waals surface area (Å²) in [7, 11) is 0. The first kappa shape index (κ1) is 11.2. The van der Waals surface area contributed by atoms with Crippen LogP contribution in [0, 0.1) is 0 Å². The predicted octanol–water partition coefficient (Wildman–Crippen LogP) is 1.83. The van der Waals surface area contributed by atoms with Crippen LogP contribution in [-0.2, 0) is 17.8 Å². The van der Waals surface area contributed by atoms with Crippen LogP contribution in [0.1, 0.15) is 50.1 Å². The molecular formula is C12H19N3O. The molecular weight excluding hydrogens is 202 g/mol. The normalized spacial score (nSPS) is 17.1. The molecule has 1 aromatic heterocycles. The predicted molar refractivity (Wildman–Crippen MR) is 62.1 cm³/mol. The van der Waals surface area contributed by atoms with Gasteiger partial charge in [-0.1, -0.05) is 13.8 Å². The van der Waals surface area contributed by atoms with Gasteiger partial charge in [0.25, 0.3) is 0 Å². The molecule has 0 saturated heterocycles. The number of fused-ring (bicyclic) bond motifs is 1. The number of nitrogens with one attached hydrogen (secondary N) is 1. The average molecular weight is 221 g/mol. The second-order valence-electron chi connectivity index (χ2n) is 4.57. The molecule has 0 saturated carbocycles. The number of aromatic amines is 1. The van der Waals surface area contributed by atoms with Crippen molar-refractivity contribution in [2.75, 3.05) is 6.54 Å². The van der Waals surface area contributed by atoms with E-state index in [1.54, 1.807) is 6.92 Å². The lowest BCUT2D eigenvalue weighted by Gasteiger charge is -2.26. The van der Waals surface area contributed by atoms with Crippen molar-refractivity contribution >= 4 is 5.91 Å². The van der Waals surface area contributed by atoms with Gasteiger partial charge in [0.05, 0.1) is 17.9 Å². The summed E-state index contributed by atoms with van der Waals surface area (Å²) in [4.78, 5) is 13.2. The van der Waals surface area contributed by atoms with Gasteiger partial charge in [-0.05, 0) is 12.8 Å². The lowest BCUT2D eigenvalue weighted by molar-refractivity contribution is -0.129. The van der Waals surface area contributed by atoms with Crippen LogP contribution >= 0.6 is 0 Å². The van der Waals surface area contributed by atoms with Crippen molar-refractivity contribution in [1.82, 2.24) is 15.1 Å². The zero-order valence-corrected chi connectivity index (χ0v) is 10.2. The number of hydrogen-bond acceptors (Lipinski definition) is 2. The van der Waals surface area contributed by atoms with E-state index in [1.165, 1.54) is 11.3 Å². The number of amides is 1. The number of nitrogens with zero attached hydrogens (tertiary/aromatic N) is 2. The quantitative estimate of drug-likeness (QED) is 0.828. The van der Waals surface area contributed by atoms with Crippen molar-refractivity contribution in [2.24, 2.45) is 0 Å². The van der Waals surface area contributed by atoms with Gasteiger partial charge >= 0.3 is 0 Å². The van der Waals surface area contributed by atoms with Gasteiger partial charge in [0.1, 0.15) is 0 Å². The molecule has 0 radical (unpaired) electrons. The van der Waals surface area contributed by atoms with Crippen molar-refractivity contribution in [3.63, 3.8) is 0 Å². The third kappa shape index (κ3) is 1.84. The fourth-order valence-corrected chi connectivity index (χ4v) is 2.21. The minimum atomic E-state index is 0.144. The average Bonchev–Trinajstić information content (AvgIpc) is 2.70. The van der Waals surface area contributed by atoms with E-state index in [9.17, 15) is 4.79 Å². The maximum absolute atomic E-state index is 11.3. The van der Waals surface area contributed by atoms with E-state index in [2.05, 4.69) is 24.0 Å². The van der Waals surface area contributed by atoms with E-state index in [4.69, 9.17) is 0 Å². The van der Waals surface area contributed by atoms with Crippen LogP contribution < -0.4 is 0 Å². The Kier molecular flexibility index (Phi) is 2.99. The van der Waals surface area contributed by atoms with E-state index in [-0.39, 0.29) is 5.91 Å². The molecule has 0 fully saturated rings. The summed E-state index contributed by atoms with van der Waals surface area (Å²) in [6.07, 6.45) is 2.04. The van der Waals surface area contributed by atoms with Crippen LogP contribution in [0.3, 0.4) is 0 Å². The molecule has 1 aromatic rings. The Morgan fingerprint density at radius 2 is 2.38 bits per heavy atom. The maximum atomic E-state index is 11.3. The number of aromatic nitrogens is 2. The van der Waals surface area contributed by atoms with Crippen LogP contribution in [0.5, 0.6) is 0 Å². The Morgan fingerprint density at radius 1 is 1.62 bits per heavy atom. The van der Waals surface area contributed by atoms with Gasteiger partial charge in [-0.2, -0.15) is 5.10 Å². The third-order valence-electron chi connectivity index (χ3n) is 3.49. The second kappa shape index (κ2) is 4.28. The first-order valence-corrected chi connectivity index (χ1v) is 5.95. The lowest BCUT2D eigenvalue weighted by atomic mass is 9.96. The highest BCUT2D eigenvalue weighted by molar-refractivity contribution is 5.73. The van der Waals surface area contributed by atoms with Crippen molar-refractivity contribution in [3.05, 3.63) is 17.0 Å². The summed E-state index contributed by atoms with van der Waals surface area (Å²) in [6, 6.07) is 0. The highest BCUT2D eigenvalue weighted by atomic mass is 16.2.